The molecule has 0 spiro atoms. The molecule has 2 rings (SSSR count). The Bertz CT molecular complexity index is 568. The van der Waals surface area contributed by atoms with Crippen molar-refractivity contribution in [2.75, 3.05) is 12.1 Å². The molecule has 1 N–H and O–H groups in total. The van der Waals surface area contributed by atoms with Crippen molar-refractivity contribution >= 4 is 23.3 Å². The van der Waals surface area contributed by atoms with Crippen molar-refractivity contribution in [1.82, 2.24) is 0 Å². The van der Waals surface area contributed by atoms with E-state index in [0.29, 0.717) is 17.1 Å². The number of carbonyl (C=O) groups excluding carboxylic acids is 1. The first-order valence-electron chi connectivity index (χ1n) is 6.28. The second kappa shape index (κ2) is 5.73. The monoisotopic (exact) mass is 276 g/mol. The van der Waals surface area contributed by atoms with E-state index in [1.165, 1.54) is 5.01 Å². The van der Waals surface area contributed by atoms with Gasteiger partial charge in [-0.05, 0) is 25.5 Å². The Morgan fingerprint density at radius 3 is 2.90 bits per heavy atom. The summed E-state index contributed by atoms with van der Waals surface area (Å²) < 4.78 is 5.12. The van der Waals surface area contributed by atoms with Crippen LogP contribution in [0.1, 0.15) is 19.8 Å². The molecule has 1 aromatic carbocycles. The van der Waals surface area contributed by atoms with Crippen LogP contribution in [-0.4, -0.2) is 29.8 Å². The molecule has 0 radical (unpaired) electrons. The van der Waals surface area contributed by atoms with Gasteiger partial charge in [0.2, 0.25) is 0 Å². The van der Waals surface area contributed by atoms with Gasteiger partial charge in [0.25, 0.3) is 5.91 Å². The lowest BCUT2D eigenvalue weighted by atomic mass is 9.98. The number of carbonyl (C=O) groups is 2. The maximum atomic E-state index is 12.3. The highest BCUT2D eigenvalue weighted by molar-refractivity contribution is 6.14. The Kier molecular flexibility index (Phi) is 4.02. The van der Waals surface area contributed by atoms with Crippen molar-refractivity contribution in [1.29, 1.82) is 0 Å². The van der Waals surface area contributed by atoms with Gasteiger partial charge < -0.3 is 9.84 Å². The summed E-state index contributed by atoms with van der Waals surface area (Å²) in [7, 11) is 1.55. The smallest absolute Gasteiger partial charge is 0.303 e. The molecule has 1 atom stereocenters. The van der Waals surface area contributed by atoms with Crippen LogP contribution in [-0.2, 0) is 9.59 Å². The Balaban J connectivity index is 2.18. The summed E-state index contributed by atoms with van der Waals surface area (Å²) in [5.74, 6) is -0.933. The van der Waals surface area contributed by atoms with Crippen LogP contribution in [0.2, 0.25) is 0 Å². The minimum Gasteiger partial charge on any atom is -0.497 e. The molecular weight excluding hydrogens is 260 g/mol. The molecule has 1 aliphatic rings. The highest BCUT2D eigenvalue weighted by atomic mass is 16.5. The van der Waals surface area contributed by atoms with Crippen molar-refractivity contribution in [2.45, 2.75) is 19.8 Å². The van der Waals surface area contributed by atoms with E-state index in [-0.39, 0.29) is 18.7 Å². The Morgan fingerprint density at radius 1 is 1.50 bits per heavy atom. The number of carboxylic acids is 1. The largest absolute Gasteiger partial charge is 0.497 e. The number of anilines is 1. The lowest BCUT2D eigenvalue weighted by Crippen LogP contribution is -2.27. The van der Waals surface area contributed by atoms with Crippen LogP contribution >= 0.6 is 0 Å². The number of nitrogens with zero attached hydrogens (tertiary/aromatic N) is 2. The Morgan fingerprint density at radius 2 is 2.25 bits per heavy atom. The summed E-state index contributed by atoms with van der Waals surface area (Å²) >= 11 is 0. The third-order valence-electron chi connectivity index (χ3n) is 3.21. The summed E-state index contributed by atoms with van der Waals surface area (Å²) in [6.45, 7) is 1.74. The molecule has 0 saturated heterocycles. The fraction of sp³-hybridized carbons (Fsp3) is 0.357. The molecule has 1 heterocycles. The summed E-state index contributed by atoms with van der Waals surface area (Å²) in [5.41, 5.74) is 1.26. The molecule has 106 valence electrons. The van der Waals surface area contributed by atoms with Crippen LogP contribution in [0.3, 0.4) is 0 Å². The highest BCUT2D eigenvalue weighted by Crippen LogP contribution is 2.28. The van der Waals surface area contributed by atoms with Crippen molar-refractivity contribution in [3.05, 3.63) is 24.3 Å². The first-order chi connectivity index (χ1) is 9.52. The first-order valence-corrected chi connectivity index (χ1v) is 6.28. The number of methoxy groups -OCH3 is 1. The summed E-state index contributed by atoms with van der Waals surface area (Å²) in [4.78, 5) is 22.9. The second-order valence-corrected chi connectivity index (χ2v) is 4.58. The number of amides is 1. The minimum absolute atomic E-state index is 0.0464. The third kappa shape index (κ3) is 2.79. The van der Waals surface area contributed by atoms with E-state index >= 15 is 0 Å². The van der Waals surface area contributed by atoms with Crippen LogP contribution in [0.25, 0.3) is 0 Å². The van der Waals surface area contributed by atoms with Gasteiger partial charge in [-0.2, -0.15) is 5.10 Å². The van der Waals surface area contributed by atoms with Gasteiger partial charge in [-0.1, -0.05) is 6.07 Å². The fourth-order valence-electron chi connectivity index (χ4n) is 2.13. The molecule has 0 fully saturated rings. The predicted molar refractivity (Wildman–Crippen MR) is 73.9 cm³/mol. The minimum atomic E-state index is -0.912. The number of hydrogen-bond acceptors (Lipinski definition) is 4. The van der Waals surface area contributed by atoms with Crippen LogP contribution in [0.15, 0.2) is 29.4 Å². The number of ether oxygens (including phenoxy) is 1. The lowest BCUT2D eigenvalue weighted by molar-refractivity contribution is -0.137. The maximum Gasteiger partial charge on any atom is 0.303 e. The maximum absolute atomic E-state index is 12.3. The van der Waals surface area contributed by atoms with E-state index in [4.69, 9.17) is 9.84 Å². The SMILES string of the molecule is COc1cccc(N2N=C(C)C(CCC(=O)O)C2=O)c1. The zero-order valence-corrected chi connectivity index (χ0v) is 11.4. The molecule has 1 aliphatic heterocycles. The zero-order valence-electron chi connectivity index (χ0n) is 11.4. The van der Waals surface area contributed by atoms with Gasteiger partial charge in [-0.3, -0.25) is 9.59 Å². The van der Waals surface area contributed by atoms with Crippen molar-refractivity contribution in [2.24, 2.45) is 11.0 Å². The Hall–Kier alpha value is -2.37. The Labute approximate surface area is 116 Å². The highest BCUT2D eigenvalue weighted by Gasteiger charge is 2.34. The van der Waals surface area contributed by atoms with E-state index in [1.807, 2.05) is 0 Å². The first kappa shape index (κ1) is 14.0. The standard InChI is InChI=1S/C14H16N2O4/c1-9-12(6-7-13(17)18)14(19)16(15-9)10-4-3-5-11(8-10)20-2/h3-5,8,12H,6-7H2,1-2H3,(H,17,18). The van der Waals surface area contributed by atoms with E-state index < -0.39 is 11.9 Å². The predicted octanol–water partition coefficient (Wildman–Crippen LogP) is 1.90. The van der Waals surface area contributed by atoms with Crippen LogP contribution in [0, 0.1) is 5.92 Å². The van der Waals surface area contributed by atoms with E-state index in [2.05, 4.69) is 5.10 Å². The van der Waals surface area contributed by atoms with Crippen molar-refractivity contribution in [3.63, 3.8) is 0 Å². The molecule has 0 aromatic heterocycles. The normalized spacial score (nSPS) is 18.1. The average Bonchev–Trinajstić information content (AvgIpc) is 2.72. The number of rotatable bonds is 5. The van der Waals surface area contributed by atoms with Gasteiger partial charge in [0.1, 0.15) is 5.75 Å². The van der Waals surface area contributed by atoms with Gasteiger partial charge in [-0.25, -0.2) is 5.01 Å². The van der Waals surface area contributed by atoms with E-state index in [9.17, 15) is 9.59 Å². The molecule has 0 aliphatic carbocycles. The molecule has 1 unspecified atom stereocenters. The van der Waals surface area contributed by atoms with Gasteiger partial charge in [-0.15, -0.1) is 0 Å². The number of benzene rings is 1. The molecular formula is C14H16N2O4. The molecule has 0 saturated carbocycles. The second-order valence-electron chi connectivity index (χ2n) is 4.58. The van der Waals surface area contributed by atoms with Gasteiger partial charge >= 0.3 is 5.97 Å². The summed E-state index contributed by atoms with van der Waals surface area (Å²) in [6, 6.07) is 7.03. The van der Waals surface area contributed by atoms with Crippen LogP contribution in [0.5, 0.6) is 5.75 Å². The fourth-order valence-corrected chi connectivity index (χ4v) is 2.13. The van der Waals surface area contributed by atoms with E-state index in [1.54, 1.807) is 38.3 Å². The molecule has 6 heteroatoms. The quantitative estimate of drug-likeness (QED) is 0.890. The van der Waals surface area contributed by atoms with Crippen molar-refractivity contribution < 1.29 is 19.4 Å². The molecule has 1 aromatic rings. The van der Waals surface area contributed by atoms with E-state index in [0.717, 1.165) is 0 Å². The lowest BCUT2D eigenvalue weighted by Gasteiger charge is -2.14. The molecule has 1 amide bonds. The van der Waals surface area contributed by atoms with Gasteiger partial charge in [0, 0.05) is 18.2 Å². The molecule has 6 nitrogen and oxygen atoms in total. The number of hydrogen-bond donors (Lipinski definition) is 1. The number of hydrazone groups is 1. The summed E-state index contributed by atoms with van der Waals surface area (Å²) in [5, 5.41) is 14.3. The molecule has 0 bridgehead atoms. The number of carboxylic acid groups (broad SMARTS) is 1. The third-order valence-corrected chi connectivity index (χ3v) is 3.21. The number of aliphatic carboxylic acids is 1. The topological polar surface area (TPSA) is 79.2 Å². The van der Waals surface area contributed by atoms with Crippen LogP contribution in [0.4, 0.5) is 5.69 Å². The average molecular weight is 276 g/mol. The summed E-state index contributed by atoms with van der Waals surface area (Å²) in [6.07, 6.45) is 0.221. The van der Waals surface area contributed by atoms with Gasteiger partial charge in [0.05, 0.1) is 18.7 Å². The van der Waals surface area contributed by atoms with Crippen molar-refractivity contribution in [3.8, 4) is 5.75 Å². The van der Waals surface area contributed by atoms with Crippen LogP contribution < -0.4 is 9.75 Å². The zero-order chi connectivity index (χ0) is 14.7. The van der Waals surface area contributed by atoms with Gasteiger partial charge in [0.15, 0.2) is 0 Å². The molecule has 20 heavy (non-hydrogen) atoms.